The van der Waals surface area contributed by atoms with Crippen molar-refractivity contribution in [3.8, 4) is 0 Å². The molecule has 0 spiro atoms. The second kappa shape index (κ2) is 4.89. The number of hydrogen-bond donors (Lipinski definition) is 1. The van der Waals surface area contributed by atoms with E-state index in [0.717, 1.165) is 23.1 Å². The minimum Gasteiger partial charge on any atom is -0.379 e. The van der Waals surface area contributed by atoms with E-state index in [9.17, 15) is 27.5 Å². The largest absolute Gasteiger partial charge is 0.419 e. The molecule has 1 aliphatic heterocycles. The molecule has 1 N–H and O–H groups in total. The van der Waals surface area contributed by atoms with Gasteiger partial charge in [-0.1, -0.05) is 11.6 Å². The van der Waals surface area contributed by atoms with E-state index in [1.165, 1.54) is 0 Å². The molecule has 1 saturated heterocycles. The fourth-order valence-electron chi connectivity index (χ4n) is 2.03. The summed E-state index contributed by atoms with van der Waals surface area (Å²) in [6.45, 7) is -1.11. The Hall–Kier alpha value is -1.34. The molecule has 1 aliphatic rings. The first-order valence-electron chi connectivity index (χ1n) is 5.67. The number of nitrogens with zero attached hydrogens (tertiary/aromatic N) is 1. The van der Waals surface area contributed by atoms with Crippen molar-refractivity contribution in [3.63, 3.8) is 0 Å². The van der Waals surface area contributed by atoms with Crippen LogP contribution in [-0.2, 0) is 0 Å². The van der Waals surface area contributed by atoms with E-state index in [1.807, 2.05) is 0 Å². The predicted molar refractivity (Wildman–Crippen MR) is 62.9 cm³/mol. The first-order chi connectivity index (χ1) is 9.14. The van der Waals surface area contributed by atoms with Crippen LogP contribution < -0.4 is 0 Å². The van der Waals surface area contributed by atoms with Gasteiger partial charge in [0.1, 0.15) is 5.82 Å². The third-order valence-electron chi connectivity index (χ3n) is 3.22. The highest BCUT2D eigenvalue weighted by molar-refractivity contribution is 6.33. The van der Waals surface area contributed by atoms with Gasteiger partial charge in [0.15, 0.2) is 5.60 Å². The molecule has 0 unspecified atom stereocenters. The summed E-state index contributed by atoms with van der Waals surface area (Å²) in [4.78, 5) is 12.9. The van der Waals surface area contributed by atoms with Gasteiger partial charge >= 0.3 is 6.18 Å². The number of likely N-dealkylation sites (tertiary alicyclic amines) is 1. The summed E-state index contributed by atoms with van der Waals surface area (Å²) in [6, 6.07) is 3.00. The smallest absolute Gasteiger partial charge is 0.379 e. The van der Waals surface area contributed by atoms with Crippen LogP contribution in [0, 0.1) is 5.82 Å². The van der Waals surface area contributed by atoms with Gasteiger partial charge in [0.25, 0.3) is 5.91 Å². The number of benzene rings is 1. The van der Waals surface area contributed by atoms with E-state index in [4.69, 9.17) is 11.6 Å². The Morgan fingerprint density at radius 1 is 1.40 bits per heavy atom. The molecule has 3 nitrogen and oxygen atoms in total. The summed E-state index contributed by atoms with van der Waals surface area (Å²) in [5, 5.41) is 9.31. The predicted octanol–water partition coefficient (Wildman–Crippen LogP) is 2.62. The Morgan fingerprint density at radius 3 is 2.55 bits per heavy atom. The molecule has 1 atom stereocenters. The number of hydrogen-bond acceptors (Lipinski definition) is 2. The van der Waals surface area contributed by atoms with Crippen molar-refractivity contribution in [2.24, 2.45) is 0 Å². The summed E-state index contributed by atoms with van der Waals surface area (Å²) in [7, 11) is 0. The minimum absolute atomic E-state index is 0.0977. The molecule has 2 rings (SSSR count). The molecule has 0 bridgehead atoms. The standard InChI is InChI=1S/C12H10ClF4NO2/c13-9-5-7(14)1-2-8(9)10(19)18-4-3-11(20,6-18)12(15,16)17/h1-2,5,20H,3-4,6H2/t11-/m0/s1. The van der Waals surface area contributed by atoms with Crippen LogP contribution in [-0.4, -0.2) is 40.8 Å². The van der Waals surface area contributed by atoms with Crippen LogP contribution in [0.1, 0.15) is 16.8 Å². The van der Waals surface area contributed by atoms with Crippen LogP contribution in [0.4, 0.5) is 17.6 Å². The topological polar surface area (TPSA) is 40.5 Å². The molecule has 0 radical (unpaired) electrons. The first kappa shape index (κ1) is 15.1. The zero-order chi connectivity index (χ0) is 15.1. The average molecular weight is 312 g/mol. The van der Waals surface area contributed by atoms with Gasteiger partial charge in [0, 0.05) is 13.0 Å². The number of carbonyl (C=O) groups excluding carboxylic acids is 1. The normalized spacial score (nSPS) is 23.2. The van der Waals surface area contributed by atoms with Crippen LogP contribution in [0.3, 0.4) is 0 Å². The lowest BCUT2D eigenvalue weighted by molar-refractivity contribution is -0.253. The third kappa shape index (κ3) is 2.60. The van der Waals surface area contributed by atoms with Crippen molar-refractivity contribution >= 4 is 17.5 Å². The lowest BCUT2D eigenvalue weighted by atomic mass is 10.0. The maximum Gasteiger partial charge on any atom is 0.419 e. The number of rotatable bonds is 1. The van der Waals surface area contributed by atoms with Crippen LogP contribution in [0.25, 0.3) is 0 Å². The van der Waals surface area contributed by atoms with Crippen LogP contribution in [0.2, 0.25) is 5.02 Å². The summed E-state index contributed by atoms with van der Waals surface area (Å²) < 4.78 is 50.8. The van der Waals surface area contributed by atoms with E-state index in [1.54, 1.807) is 0 Å². The molecule has 1 amide bonds. The zero-order valence-corrected chi connectivity index (χ0v) is 10.8. The SMILES string of the molecule is O=C(c1ccc(F)cc1Cl)N1CC[C@@](O)(C(F)(F)F)C1. The number of carbonyl (C=O) groups is 1. The summed E-state index contributed by atoms with van der Waals surface area (Å²) >= 11 is 5.69. The number of amides is 1. The van der Waals surface area contributed by atoms with Gasteiger partial charge in [0.05, 0.1) is 17.1 Å². The molecule has 0 aliphatic carbocycles. The maximum atomic E-state index is 12.9. The molecule has 20 heavy (non-hydrogen) atoms. The van der Waals surface area contributed by atoms with Gasteiger partial charge in [-0.3, -0.25) is 4.79 Å². The molecule has 1 fully saturated rings. The maximum absolute atomic E-state index is 12.9. The fraction of sp³-hybridized carbons (Fsp3) is 0.417. The van der Waals surface area contributed by atoms with Crippen LogP contribution in [0.5, 0.6) is 0 Å². The van der Waals surface area contributed by atoms with Crippen molar-refractivity contribution < 1.29 is 27.5 Å². The first-order valence-corrected chi connectivity index (χ1v) is 6.05. The van der Waals surface area contributed by atoms with Crippen molar-refractivity contribution in [2.45, 2.75) is 18.2 Å². The monoisotopic (exact) mass is 311 g/mol. The molecule has 1 aromatic rings. The highest BCUT2D eigenvalue weighted by Crippen LogP contribution is 2.38. The highest BCUT2D eigenvalue weighted by atomic mass is 35.5. The van der Waals surface area contributed by atoms with Crippen molar-refractivity contribution in [2.75, 3.05) is 13.1 Å². The van der Waals surface area contributed by atoms with Gasteiger partial charge in [0.2, 0.25) is 0 Å². The van der Waals surface area contributed by atoms with E-state index in [0.29, 0.717) is 0 Å². The van der Waals surface area contributed by atoms with Gasteiger partial charge < -0.3 is 10.0 Å². The number of alkyl halides is 3. The van der Waals surface area contributed by atoms with Crippen LogP contribution >= 0.6 is 11.6 Å². The van der Waals surface area contributed by atoms with Crippen molar-refractivity contribution in [1.29, 1.82) is 0 Å². The zero-order valence-electron chi connectivity index (χ0n) is 10.0. The Kier molecular flexibility index (Phi) is 3.68. The number of halogens is 5. The summed E-state index contributed by atoms with van der Waals surface area (Å²) in [5.74, 6) is -1.42. The van der Waals surface area contributed by atoms with Gasteiger partial charge in [-0.05, 0) is 18.2 Å². The molecule has 0 saturated carbocycles. The number of aliphatic hydroxyl groups is 1. The Bertz CT molecular complexity index is 549. The molecular formula is C12H10ClF4NO2. The van der Waals surface area contributed by atoms with Gasteiger partial charge in [-0.25, -0.2) is 4.39 Å². The highest BCUT2D eigenvalue weighted by Gasteiger charge is 2.57. The second-order valence-electron chi connectivity index (χ2n) is 4.63. The molecular weight excluding hydrogens is 302 g/mol. The van der Waals surface area contributed by atoms with Crippen molar-refractivity contribution in [1.82, 2.24) is 4.90 Å². The quantitative estimate of drug-likeness (QED) is 0.810. The van der Waals surface area contributed by atoms with Gasteiger partial charge in [-0.2, -0.15) is 13.2 Å². The molecule has 0 aromatic heterocycles. The third-order valence-corrected chi connectivity index (χ3v) is 3.54. The lowest BCUT2D eigenvalue weighted by Crippen LogP contribution is -2.48. The molecule has 110 valence electrons. The minimum atomic E-state index is -4.81. The Labute approximate surface area is 116 Å². The molecule has 1 heterocycles. The summed E-state index contributed by atoms with van der Waals surface area (Å²) in [5.41, 5.74) is -3.01. The van der Waals surface area contributed by atoms with E-state index < -0.39 is 36.5 Å². The molecule has 8 heteroatoms. The second-order valence-corrected chi connectivity index (χ2v) is 5.04. The summed E-state index contributed by atoms with van der Waals surface area (Å²) in [6.07, 6.45) is -5.41. The van der Waals surface area contributed by atoms with E-state index in [-0.39, 0.29) is 17.1 Å². The van der Waals surface area contributed by atoms with E-state index >= 15 is 0 Å². The van der Waals surface area contributed by atoms with Gasteiger partial charge in [-0.15, -0.1) is 0 Å². The Balaban J connectivity index is 2.20. The van der Waals surface area contributed by atoms with E-state index in [2.05, 4.69) is 0 Å². The molecule has 1 aromatic carbocycles. The lowest BCUT2D eigenvalue weighted by Gasteiger charge is -2.26. The van der Waals surface area contributed by atoms with Crippen LogP contribution in [0.15, 0.2) is 18.2 Å². The fourth-order valence-corrected chi connectivity index (χ4v) is 2.28. The Morgan fingerprint density at radius 2 is 2.05 bits per heavy atom. The average Bonchev–Trinajstić information content (AvgIpc) is 2.72. The van der Waals surface area contributed by atoms with Crippen molar-refractivity contribution in [3.05, 3.63) is 34.6 Å². The number of β-amino-alcohol motifs (C(OH)–C–C–N with tert-alkyl or cyclic N) is 1.